The highest BCUT2D eigenvalue weighted by Crippen LogP contribution is 2.29. The third kappa shape index (κ3) is 4.64. The van der Waals surface area contributed by atoms with Crippen molar-refractivity contribution in [3.8, 4) is 17.1 Å². The van der Waals surface area contributed by atoms with E-state index in [2.05, 4.69) is 29.4 Å². The topological polar surface area (TPSA) is 95.1 Å². The van der Waals surface area contributed by atoms with E-state index in [1.807, 2.05) is 24.3 Å². The van der Waals surface area contributed by atoms with Gasteiger partial charge in [-0.3, -0.25) is 4.79 Å². The SMILES string of the molecule is COc1ccccc1-c1nnc(SCC(=O)NCCC(C)C)n1N. The lowest BCUT2D eigenvalue weighted by Gasteiger charge is -2.08. The van der Waals surface area contributed by atoms with Crippen LogP contribution in [-0.2, 0) is 4.79 Å². The fourth-order valence-corrected chi connectivity index (χ4v) is 2.76. The van der Waals surface area contributed by atoms with Crippen LogP contribution in [0.2, 0.25) is 0 Å². The van der Waals surface area contributed by atoms with Gasteiger partial charge in [-0.2, -0.15) is 0 Å². The molecule has 0 aliphatic heterocycles. The maximum Gasteiger partial charge on any atom is 0.230 e. The molecule has 2 aromatic rings. The first-order valence-electron chi connectivity index (χ1n) is 7.76. The summed E-state index contributed by atoms with van der Waals surface area (Å²) >= 11 is 1.25. The number of thioether (sulfide) groups is 1. The summed E-state index contributed by atoms with van der Waals surface area (Å²) in [6, 6.07) is 7.44. The van der Waals surface area contributed by atoms with Crippen LogP contribution in [0.3, 0.4) is 0 Å². The zero-order chi connectivity index (χ0) is 17.5. The maximum atomic E-state index is 11.8. The number of methoxy groups -OCH3 is 1. The van der Waals surface area contributed by atoms with Gasteiger partial charge < -0.3 is 15.9 Å². The first-order chi connectivity index (χ1) is 11.5. The van der Waals surface area contributed by atoms with Gasteiger partial charge in [-0.05, 0) is 24.5 Å². The molecule has 0 fully saturated rings. The summed E-state index contributed by atoms with van der Waals surface area (Å²) in [6.45, 7) is 4.92. The Bertz CT molecular complexity index is 687. The molecule has 8 heteroatoms. The smallest absolute Gasteiger partial charge is 0.230 e. The third-order valence-electron chi connectivity index (χ3n) is 3.39. The average Bonchev–Trinajstić information content (AvgIpc) is 2.93. The average molecular weight is 349 g/mol. The second-order valence-electron chi connectivity index (χ2n) is 5.70. The van der Waals surface area contributed by atoms with Gasteiger partial charge in [0.15, 0.2) is 5.82 Å². The van der Waals surface area contributed by atoms with Crippen molar-refractivity contribution in [2.75, 3.05) is 25.3 Å². The van der Waals surface area contributed by atoms with Gasteiger partial charge in [0.1, 0.15) is 5.75 Å². The zero-order valence-electron chi connectivity index (χ0n) is 14.2. The molecular formula is C16H23N5O2S. The largest absolute Gasteiger partial charge is 0.496 e. The van der Waals surface area contributed by atoms with Gasteiger partial charge in [0.25, 0.3) is 0 Å². The van der Waals surface area contributed by atoms with Crippen LogP contribution in [0.25, 0.3) is 11.4 Å². The van der Waals surface area contributed by atoms with Gasteiger partial charge in [-0.25, -0.2) is 4.68 Å². The number of carbonyl (C=O) groups excluding carboxylic acids is 1. The summed E-state index contributed by atoms with van der Waals surface area (Å²) in [6.07, 6.45) is 0.960. The number of nitrogens with two attached hydrogens (primary N) is 1. The number of rotatable bonds is 8. The summed E-state index contributed by atoms with van der Waals surface area (Å²) in [4.78, 5) is 11.8. The van der Waals surface area contributed by atoms with Crippen molar-refractivity contribution < 1.29 is 9.53 Å². The van der Waals surface area contributed by atoms with Crippen LogP contribution in [0.4, 0.5) is 0 Å². The molecule has 24 heavy (non-hydrogen) atoms. The number of carbonyl (C=O) groups is 1. The van der Waals surface area contributed by atoms with E-state index >= 15 is 0 Å². The van der Waals surface area contributed by atoms with Crippen molar-refractivity contribution in [2.24, 2.45) is 5.92 Å². The van der Waals surface area contributed by atoms with Crippen LogP contribution < -0.4 is 15.9 Å². The molecule has 1 aromatic heterocycles. The number of nitrogens with zero attached hydrogens (tertiary/aromatic N) is 3. The Labute approximate surface area is 145 Å². The molecule has 0 spiro atoms. The van der Waals surface area contributed by atoms with Crippen molar-refractivity contribution in [3.05, 3.63) is 24.3 Å². The van der Waals surface area contributed by atoms with Crippen LogP contribution in [0.15, 0.2) is 29.4 Å². The molecule has 3 N–H and O–H groups in total. The molecule has 2 rings (SSSR count). The molecule has 1 amide bonds. The van der Waals surface area contributed by atoms with Crippen molar-refractivity contribution >= 4 is 17.7 Å². The molecule has 7 nitrogen and oxygen atoms in total. The molecule has 0 bridgehead atoms. The Morgan fingerprint density at radius 3 is 2.83 bits per heavy atom. The minimum Gasteiger partial charge on any atom is -0.496 e. The van der Waals surface area contributed by atoms with Crippen LogP contribution in [-0.4, -0.2) is 40.2 Å². The second kappa shape index (κ2) is 8.58. The molecular weight excluding hydrogens is 326 g/mol. The van der Waals surface area contributed by atoms with Gasteiger partial charge in [-0.1, -0.05) is 37.7 Å². The van der Waals surface area contributed by atoms with E-state index in [0.29, 0.717) is 29.2 Å². The first kappa shape index (κ1) is 18.1. The summed E-state index contributed by atoms with van der Waals surface area (Å²) in [7, 11) is 1.59. The van der Waals surface area contributed by atoms with Gasteiger partial charge in [-0.15, -0.1) is 10.2 Å². The second-order valence-corrected chi connectivity index (χ2v) is 6.64. The Balaban J connectivity index is 1.99. The first-order valence-corrected chi connectivity index (χ1v) is 8.74. The normalized spacial score (nSPS) is 10.8. The van der Waals surface area contributed by atoms with E-state index in [-0.39, 0.29) is 11.7 Å². The zero-order valence-corrected chi connectivity index (χ0v) is 15.0. The molecule has 1 aromatic carbocycles. The van der Waals surface area contributed by atoms with Crippen LogP contribution in [0.5, 0.6) is 5.75 Å². The van der Waals surface area contributed by atoms with Crippen molar-refractivity contribution in [2.45, 2.75) is 25.4 Å². The molecule has 1 heterocycles. The number of para-hydroxylation sites is 1. The highest BCUT2D eigenvalue weighted by Gasteiger charge is 2.16. The quantitative estimate of drug-likeness (QED) is 0.558. The predicted octanol–water partition coefficient (Wildman–Crippen LogP) is 1.92. The number of benzene rings is 1. The van der Waals surface area contributed by atoms with E-state index in [0.717, 1.165) is 12.0 Å². The molecule has 0 radical (unpaired) electrons. The minimum absolute atomic E-state index is 0.0394. The summed E-state index contributed by atoms with van der Waals surface area (Å²) in [5.41, 5.74) is 0.753. The van der Waals surface area contributed by atoms with Crippen LogP contribution in [0, 0.1) is 5.92 Å². The van der Waals surface area contributed by atoms with Gasteiger partial charge in [0.05, 0.1) is 18.4 Å². The van der Waals surface area contributed by atoms with Crippen molar-refractivity contribution in [1.29, 1.82) is 0 Å². The summed E-state index contributed by atoms with van der Waals surface area (Å²) in [5.74, 6) is 8.00. The van der Waals surface area contributed by atoms with Crippen LogP contribution in [0.1, 0.15) is 20.3 Å². The molecule has 0 unspecified atom stereocenters. The van der Waals surface area contributed by atoms with E-state index in [1.165, 1.54) is 16.4 Å². The molecule has 0 atom stereocenters. The summed E-state index contributed by atoms with van der Waals surface area (Å²) in [5, 5.41) is 11.5. The Hall–Kier alpha value is -2.22. The number of amides is 1. The standard InChI is InChI=1S/C16H23N5O2S/c1-11(2)8-9-18-14(22)10-24-16-20-19-15(21(16)17)12-6-4-5-7-13(12)23-3/h4-7,11H,8-10,17H2,1-3H3,(H,18,22). The lowest BCUT2D eigenvalue weighted by atomic mass is 10.1. The van der Waals surface area contributed by atoms with Crippen molar-refractivity contribution in [1.82, 2.24) is 20.2 Å². The fourth-order valence-electron chi connectivity index (χ4n) is 2.07. The highest BCUT2D eigenvalue weighted by molar-refractivity contribution is 7.99. The molecule has 0 aliphatic carbocycles. The summed E-state index contributed by atoms with van der Waals surface area (Å²) < 4.78 is 6.70. The fraction of sp³-hybridized carbons (Fsp3) is 0.438. The lowest BCUT2D eigenvalue weighted by Crippen LogP contribution is -2.27. The van der Waals surface area contributed by atoms with Crippen LogP contribution >= 0.6 is 11.8 Å². The van der Waals surface area contributed by atoms with E-state index in [9.17, 15) is 4.79 Å². The number of nitrogens with one attached hydrogen (secondary N) is 1. The van der Waals surface area contributed by atoms with E-state index in [4.69, 9.17) is 10.6 Å². The third-order valence-corrected chi connectivity index (χ3v) is 4.33. The number of hydrogen-bond acceptors (Lipinski definition) is 6. The van der Waals surface area contributed by atoms with E-state index < -0.39 is 0 Å². The molecule has 0 saturated heterocycles. The molecule has 0 aliphatic rings. The number of ether oxygens (including phenoxy) is 1. The lowest BCUT2D eigenvalue weighted by molar-refractivity contribution is -0.118. The highest BCUT2D eigenvalue weighted by atomic mass is 32.2. The number of aromatic nitrogens is 3. The predicted molar refractivity (Wildman–Crippen MR) is 95.3 cm³/mol. The number of hydrogen-bond donors (Lipinski definition) is 2. The van der Waals surface area contributed by atoms with Gasteiger partial charge >= 0.3 is 0 Å². The number of nitrogen functional groups attached to an aromatic ring is 1. The van der Waals surface area contributed by atoms with E-state index in [1.54, 1.807) is 7.11 Å². The molecule has 0 saturated carbocycles. The maximum absolute atomic E-state index is 11.8. The Morgan fingerprint density at radius 2 is 2.12 bits per heavy atom. The van der Waals surface area contributed by atoms with Gasteiger partial charge in [0, 0.05) is 6.54 Å². The minimum atomic E-state index is -0.0394. The Morgan fingerprint density at radius 1 is 1.38 bits per heavy atom. The monoisotopic (exact) mass is 349 g/mol. The molecule has 130 valence electrons. The Kier molecular flexibility index (Phi) is 6.48. The van der Waals surface area contributed by atoms with Crippen molar-refractivity contribution in [3.63, 3.8) is 0 Å². The van der Waals surface area contributed by atoms with Gasteiger partial charge in [0.2, 0.25) is 11.1 Å².